The lowest BCUT2D eigenvalue weighted by molar-refractivity contribution is -0.130. The quantitative estimate of drug-likeness (QED) is 0.118. The van der Waals surface area contributed by atoms with Crippen molar-refractivity contribution in [1.29, 1.82) is 0 Å². The summed E-state index contributed by atoms with van der Waals surface area (Å²) >= 11 is 3.91. The number of carbonyl (C=O) groups is 3. The topological polar surface area (TPSA) is 166 Å². The van der Waals surface area contributed by atoms with Gasteiger partial charge in [0, 0.05) is 13.0 Å². The number of hydrogen-bond donors (Lipinski definition) is 6. The molecule has 0 bridgehead atoms. The summed E-state index contributed by atoms with van der Waals surface area (Å²) in [5.74, 6) is -1.67. The summed E-state index contributed by atoms with van der Waals surface area (Å²) in [4.78, 5) is 39.8. The van der Waals surface area contributed by atoms with Gasteiger partial charge in [-0.15, -0.1) is 0 Å². The molecular formula is C17H26N6O3S. The number of primary amides is 1. The van der Waals surface area contributed by atoms with Crippen LogP contribution in [-0.2, 0) is 20.8 Å². The Morgan fingerprint density at radius 1 is 1.04 bits per heavy atom. The molecule has 0 radical (unpaired) electrons. The van der Waals surface area contributed by atoms with E-state index in [1.807, 2.05) is 30.3 Å². The van der Waals surface area contributed by atoms with Crippen LogP contribution in [0.15, 0.2) is 35.3 Å². The molecule has 9 nitrogen and oxygen atoms in total. The van der Waals surface area contributed by atoms with Crippen LogP contribution in [0, 0.1) is 0 Å². The van der Waals surface area contributed by atoms with Crippen LogP contribution in [0.4, 0.5) is 0 Å². The van der Waals surface area contributed by atoms with Crippen LogP contribution in [0.1, 0.15) is 18.4 Å². The van der Waals surface area contributed by atoms with Gasteiger partial charge >= 0.3 is 0 Å². The number of thiol groups is 1. The highest BCUT2D eigenvalue weighted by atomic mass is 32.1. The normalized spacial score (nSPS) is 12.5. The molecule has 0 saturated heterocycles. The van der Waals surface area contributed by atoms with Crippen molar-refractivity contribution in [2.75, 3.05) is 12.3 Å². The van der Waals surface area contributed by atoms with E-state index >= 15 is 0 Å². The Hall–Kier alpha value is -2.75. The molecule has 1 rings (SSSR count). The maximum Gasteiger partial charge on any atom is 0.243 e. The van der Waals surface area contributed by atoms with Gasteiger partial charge in [-0.2, -0.15) is 12.6 Å². The number of nitrogens with two attached hydrogens (primary N) is 3. The lowest BCUT2D eigenvalue weighted by Crippen LogP contribution is -2.54. The zero-order chi connectivity index (χ0) is 20.2. The molecule has 3 amide bonds. The Morgan fingerprint density at radius 3 is 2.26 bits per heavy atom. The maximum absolute atomic E-state index is 12.6. The number of benzene rings is 1. The Bertz CT molecular complexity index is 664. The molecule has 0 aliphatic rings. The van der Waals surface area contributed by atoms with Gasteiger partial charge in [0.25, 0.3) is 0 Å². The fraction of sp³-hybridized carbons (Fsp3) is 0.412. The molecule has 8 N–H and O–H groups in total. The molecule has 0 aliphatic carbocycles. The van der Waals surface area contributed by atoms with Crippen molar-refractivity contribution in [3.63, 3.8) is 0 Å². The largest absolute Gasteiger partial charge is 0.370 e. The van der Waals surface area contributed by atoms with Gasteiger partial charge < -0.3 is 27.8 Å². The van der Waals surface area contributed by atoms with Crippen LogP contribution in [0.3, 0.4) is 0 Å². The number of hydrogen-bond acceptors (Lipinski definition) is 5. The van der Waals surface area contributed by atoms with Crippen molar-refractivity contribution >= 4 is 36.3 Å². The maximum atomic E-state index is 12.6. The van der Waals surface area contributed by atoms with Crippen molar-refractivity contribution in [3.05, 3.63) is 35.9 Å². The number of aliphatic imine (C=N–C) groups is 1. The minimum Gasteiger partial charge on any atom is -0.370 e. The van der Waals surface area contributed by atoms with E-state index in [2.05, 4.69) is 28.3 Å². The van der Waals surface area contributed by atoms with Gasteiger partial charge in [-0.25, -0.2) is 0 Å². The molecule has 148 valence electrons. The highest BCUT2D eigenvalue weighted by molar-refractivity contribution is 7.81. The SMILES string of the molecule is NC(=O)[C@H](CCCN=C(N)N)NC(=O)[C@H](Cc1ccccc1)NC(=O)CS. The van der Waals surface area contributed by atoms with Crippen LogP contribution in [0.5, 0.6) is 0 Å². The van der Waals surface area contributed by atoms with Gasteiger partial charge in [-0.05, 0) is 18.4 Å². The van der Waals surface area contributed by atoms with Gasteiger partial charge in [-0.1, -0.05) is 30.3 Å². The summed E-state index contributed by atoms with van der Waals surface area (Å²) in [5, 5.41) is 5.20. The number of amides is 3. The molecule has 0 saturated carbocycles. The van der Waals surface area contributed by atoms with E-state index in [1.165, 1.54) is 0 Å². The third kappa shape index (κ3) is 8.95. The predicted molar refractivity (Wildman–Crippen MR) is 107 cm³/mol. The van der Waals surface area contributed by atoms with Crippen LogP contribution < -0.4 is 27.8 Å². The minimum atomic E-state index is -0.891. The Balaban J connectivity index is 2.77. The first-order chi connectivity index (χ1) is 12.8. The summed E-state index contributed by atoms with van der Waals surface area (Å²) in [5.41, 5.74) is 16.7. The van der Waals surface area contributed by atoms with Crippen LogP contribution in [-0.4, -0.2) is 48.1 Å². The van der Waals surface area contributed by atoms with Crippen molar-refractivity contribution in [1.82, 2.24) is 10.6 Å². The first-order valence-corrected chi connectivity index (χ1v) is 9.06. The fourth-order valence-electron chi connectivity index (χ4n) is 2.36. The van der Waals surface area contributed by atoms with Crippen molar-refractivity contribution < 1.29 is 14.4 Å². The smallest absolute Gasteiger partial charge is 0.243 e. The highest BCUT2D eigenvalue weighted by Crippen LogP contribution is 2.05. The number of carbonyl (C=O) groups excluding carboxylic acids is 3. The van der Waals surface area contributed by atoms with E-state index in [9.17, 15) is 14.4 Å². The third-order valence-corrected chi connectivity index (χ3v) is 3.97. The molecule has 0 aromatic heterocycles. The Kier molecular flexibility index (Phi) is 9.73. The van der Waals surface area contributed by atoms with Gasteiger partial charge in [0.1, 0.15) is 12.1 Å². The average molecular weight is 395 g/mol. The fourth-order valence-corrected chi connectivity index (χ4v) is 2.45. The van der Waals surface area contributed by atoms with E-state index in [1.54, 1.807) is 0 Å². The second-order valence-corrected chi connectivity index (χ2v) is 6.20. The van der Waals surface area contributed by atoms with Gasteiger partial charge in [0.15, 0.2) is 5.96 Å². The molecule has 27 heavy (non-hydrogen) atoms. The summed E-state index contributed by atoms with van der Waals surface area (Å²) in [7, 11) is 0. The van der Waals surface area contributed by atoms with Crippen LogP contribution >= 0.6 is 12.6 Å². The molecule has 10 heteroatoms. The number of nitrogens with one attached hydrogen (secondary N) is 2. The van der Waals surface area contributed by atoms with Gasteiger partial charge in [0.05, 0.1) is 5.75 Å². The number of nitrogens with zero attached hydrogens (tertiary/aromatic N) is 1. The van der Waals surface area contributed by atoms with E-state index < -0.39 is 29.8 Å². The standard InChI is InChI=1S/C17H26N6O3S/c18-15(25)12(7-4-8-21-17(19)20)23-16(26)13(22-14(24)10-27)9-11-5-2-1-3-6-11/h1-3,5-6,12-13,27H,4,7-10H2,(H2,18,25)(H,22,24)(H,23,26)(H4,19,20,21)/t12-,13-/m0/s1. The zero-order valence-electron chi connectivity index (χ0n) is 14.9. The Labute approximate surface area is 163 Å². The molecule has 0 spiro atoms. The summed E-state index contributed by atoms with van der Waals surface area (Å²) in [6.07, 6.45) is 1.00. The molecule has 0 fully saturated rings. The molecule has 0 heterocycles. The highest BCUT2D eigenvalue weighted by Gasteiger charge is 2.25. The van der Waals surface area contributed by atoms with E-state index in [0.717, 1.165) is 5.56 Å². The second kappa shape index (κ2) is 11.8. The van der Waals surface area contributed by atoms with Crippen molar-refractivity contribution in [2.45, 2.75) is 31.3 Å². The minimum absolute atomic E-state index is 0.0490. The van der Waals surface area contributed by atoms with E-state index in [4.69, 9.17) is 17.2 Å². The van der Waals surface area contributed by atoms with Crippen molar-refractivity contribution in [2.24, 2.45) is 22.2 Å². The first-order valence-electron chi connectivity index (χ1n) is 8.42. The van der Waals surface area contributed by atoms with Gasteiger partial charge in [0.2, 0.25) is 17.7 Å². The van der Waals surface area contributed by atoms with Crippen LogP contribution in [0.25, 0.3) is 0 Å². The summed E-state index contributed by atoms with van der Waals surface area (Å²) in [6.45, 7) is 0.311. The molecule has 0 aliphatic heterocycles. The molecule has 1 aromatic carbocycles. The average Bonchev–Trinajstić information content (AvgIpc) is 2.63. The summed E-state index contributed by atoms with van der Waals surface area (Å²) in [6, 6.07) is 7.46. The number of guanidine groups is 1. The second-order valence-electron chi connectivity index (χ2n) is 5.88. The zero-order valence-corrected chi connectivity index (χ0v) is 15.8. The van der Waals surface area contributed by atoms with Crippen molar-refractivity contribution in [3.8, 4) is 0 Å². The Morgan fingerprint density at radius 2 is 1.70 bits per heavy atom. The first kappa shape index (κ1) is 22.3. The summed E-state index contributed by atoms with van der Waals surface area (Å²) < 4.78 is 0. The lowest BCUT2D eigenvalue weighted by atomic mass is 10.0. The van der Waals surface area contributed by atoms with Crippen LogP contribution in [0.2, 0.25) is 0 Å². The molecule has 1 aromatic rings. The van der Waals surface area contributed by atoms with E-state index in [0.29, 0.717) is 13.0 Å². The molecule has 2 atom stereocenters. The number of rotatable bonds is 11. The third-order valence-electron chi connectivity index (χ3n) is 3.68. The molecule has 0 unspecified atom stereocenters. The van der Waals surface area contributed by atoms with Gasteiger partial charge in [-0.3, -0.25) is 19.4 Å². The lowest BCUT2D eigenvalue weighted by Gasteiger charge is -2.22. The molecular weight excluding hydrogens is 368 g/mol. The van der Waals surface area contributed by atoms with E-state index in [-0.39, 0.29) is 24.6 Å². The monoisotopic (exact) mass is 394 g/mol. The predicted octanol–water partition coefficient (Wildman–Crippen LogP) is -1.33.